The average molecular weight is 363 g/mol. The van der Waals surface area contributed by atoms with Crippen molar-refractivity contribution in [3.63, 3.8) is 0 Å². The predicted molar refractivity (Wildman–Crippen MR) is 88.7 cm³/mol. The number of halogens is 1. The van der Waals surface area contributed by atoms with Crippen LogP contribution < -0.4 is 9.47 Å². The maximum absolute atomic E-state index is 12.1. The van der Waals surface area contributed by atoms with Gasteiger partial charge >= 0.3 is 0 Å². The van der Waals surface area contributed by atoms with Gasteiger partial charge in [-0.25, -0.2) is 0 Å². The number of phenolic OH excluding ortho intramolecular Hbond substituents is 1. The molecule has 0 aliphatic carbocycles. The molecule has 2 aromatic rings. The van der Waals surface area contributed by atoms with E-state index in [0.717, 1.165) is 4.47 Å². The second kappa shape index (κ2) is 7.13. The van der Waals surface area contributed by atoms with Gasteiger partial charge in [-0.3, -0.25) is 4.79 Å². The van der Waals surface area contributed by atoms with E-state index >= 15 is 0 Å². The highest BCUT2D eigenvalue weighted by Crippen LogP contribution is 2.35. The van der Waals surface area contributed by atoms with Crippen LogP contribution in [-0.4, -0.2) is 25.1 Å². The normalized spacial score (nSPS) is 10.7. The molecule has 1 N–H and O–H groups in total. The largest absolute Gasteiger partial charge is 0.507 e. The van der Waals surface area contributed by atoms with Crippen LogP contribution in [0.4, 0.5) is 0 Å². The third kappa shape index (κ3) is 3.49. The Balaban J connectivity index is 2.36. The Bertz CT molecular complexity index is 723. The second-order valence-electron chi connectivity index (χ2n) is 4.45. The minimum Gasteiger partial charge on any atom is -0.507 e. The number of methoxy groups -OCH3 is 2. The van der Waals surface area contributed by atoms with Crippen LogP contribution in [0.1, 0.15) is 15.9 Å². The summed E-state index contributed by atoms with van der Waals surface area (Å²) in [6, 6.07) is 10.0. The van der Waals surface area contributed by atoms with E-state index in [1.807, 2.05) is 6.07 Å². The molecule has 2 aromatic carbocycles. The zero-order valence-electron chi connectivity index (χ0n) is 12.2. The lowest BCUT2D eigenvalue weighted by atomic mass is 10.1. The van der Waals surface area contributed by atoms with Crippen molar-refractivity contribution < 1.29 is 19.4 Å². The van der Waals surface area contributed by atoms with Crippen molar-refractivity contribution >= 4 is 27.8 Å². The van der Waals surface area contributed by atoms with Crippen molar-refractivity contribution in [2.75, 3.05) is 14.2 Å². The molecule has 0 saturated carbocycles. The summed E-state index contributed by atoms with van der Waals surface area (Å²) >= 11 is 3.39. The Morgan fingerprint density at radius 1 is 1.18 bits per heavy atom. The number of hydrogen-bond donors (Lipinski definition) is 1. The fraction of sp³-hybridized carbons (Fsp3) is 0.118. The first-order chi connectivity index (χ1) is 10.6. The van der Waals surface area contributed by atoms with Gasteiger partial charge in [0.2, 0.25) is 0 Å². The Morgan fingerprint density at radius 2 is 1.91 bits per heavy atom. The van der Waals surface area contributed by atoms with Gasteiger partial charge in [0.05, 0.1) is 19.8 Å². The molecule has 0 aliphatic heterocycles. The number of hydrogen-bond acceptors (Lipinski definition) is 4. The molecule has 0 heterocycles. The zero-order chi connectivity index (χ0) is 16.1. The predicted octanol–water partition coefficient (Wildman–Crippen LogP) is 4.07. The summed E-state index contributed by atoms with van der Waals surface area (Å²) in [5, 5.41) is 9.70. The summed E-state index contributed by atoms with van der Waals surface area (Å²) < 4.78 is 11.4. The molecule has 0 atom stereocenters. The molecule has 0 aromatic heterocycles. The quantitative estimate of drug-likeness (QED) is 0.643. The summed E-state index contributed by atoms with van der Waals surface area (Å²) in [4.78, 5) is 12.1. The molecule has 0 spiro atoms. The number of allylic oxidation sites excluding steroid dienone is 1. The first-order valence-electron chi connectivity index (χ1n) is 6.48. The van der Waals surface area contributed by atoms with E-state index < -0.39 is 0 Å². The summed E-state index contributed by atoms with van der Waals surface area (Å²) in [6.45, 7) is 0. The van der Waals surface area contributed by atoms with E-state index in [4.69, 9.17) is 9.47 Å². The van der Waals surface area contributed by atoms with Crippen LogP contribution in [-0.2, 0) is 0 Å². The first kappa shape index (κ1) is 16.1. The molecule has 0 bridgehead atoms. The number of para-hydroxylation sites is 1. The van der Waals surface area contributed by atoms with Crippen molar-refractivity contribution in [3.05, 3.63) is 58.1 Å². The van der Waals surface area contributed by atoms with Crippen LogP contribution in [0.15, 0.2) is 46.9 Å². The lowest BCUT2D eigenvalue weighted by Crippen LogP contribution is -1.96. The summed E-state index contributed by atoms with van der Waals surface area (Å²) in [7, 11) is 3.08. The number of rotatable bonds is 5. The topological polar surface area (TPSA) is 55.8 Å². The minimum atomic E-state index is -0.293. The molecule has 22 heavy (non-hydrogen) atoms. The number of carbonyl (C=O) groups excluding carboxylic acids is 1. The van der Waals surface area contributed by atoms with E-state index in [1.165, 1.54) is 19.3 Å². The van der Waals surface area contributed by atoms with Crippen molar-refractivity contribution in [2.24, 2.45) is 0 Å². The van der Waals surface area contributed by atoms with Crippen LogP contribution in [0.3, 0.4) is 0 Å². The van der Waals surface area contributed by atoms with Crippen molar-refractivity contribution in [1.29, 1.82) is 0 Å². The molecule has 0 radical (unpaired) electrons. The molecular weight excluding hydrogens is 348 g/mol. The Kier molecular flexibility index (Phi) is 5.22. The number of ether oxygens (including phenoxy) is 2. The summed E-state index contributed by atoms with van der Waals surface area (Å²) in [5.74, 6) is 0.758. The maximum Gasteiger partial charge on any atom is 0.189 e. The van der Waals surface area contributed by atoms with Gasteiger partial charge in [0, 0.05) is 10.0 Å². The average Bonchev–Trinajstić information content (AvgIpc) is 2.52. The third-order valence-corrected chi connectivity index (χ3v) is 3.51. The first-order valence-corrected chi connectivity index (χ1v) is 7.28. The van der Waals surface area contributed by atoms with Gasteiger partial charge < -0.3 is 14.6 Å². The van der Waals surface area contributed by atoms with Gasteiger partial charge in [-0.1, -0.05) is 28.1 Å². The monoisotopic (exact) mass is 362 g/mol. The Hall–Kier alpha value is -2.27. The molecular formula is C17H15BrO4. The zero-order valence-corrected chi connectivity index (χ0v) is 13.8. The number of phenols is 1. The molecule has 0 amide bonds. The van der Waals surface area contributed by atoms with Crippen LogP contribution in [0.2, 0.25) is 0 Å². The van der Waals surface area contributed by atoms with Gasteiger partial charge in [0.25, 0.3) is 0 Å². The fourth-order valence-corrected chi connectivity index (χ4v) is 2.47. The number of ketones is 1. The number of carbonyl (C=O) groups is 1. The van der Waals surface area contributed by atoms with E-state index in [9.17, 15) is 9.90 Å². The standard InChI is InChI=1S/C17H15BrO4/c1-21-16-10-12(18)9-11(17(16)22-2)7-8-15(20)13-5-3-4-6-14(13)19/h3-10,19H,1-2H3/b8-7+. The maximum atomic E-state index is 12.1. The van der Waals surface area contributed by atoms with Gasteiger partial charge in [-0.15, -0.1) is 0 Å². The van der Waals surface area contributed by atoms with Crippen molar-refractivity contribution in [1.82, 2.24) is 0 Å². The molecule has 2 rings (SSSR count). The van der Waals surface area contributed by atoms with Gasteiger partial charge in [-0.05, 0) is 36.4 Å². The number of benzene rings is 2. The van der Waals surface area contributed by atoms with E-state index in [-0.39, 0.29) is 17.1 Å². The second-order valence-corrected chi connectivity index (χ2v) is 5.36. The SMILES string of the molecule is COc1cc(Br)cc(/C=C/C(=O)c2ccccc2O)c1OC. The lowest BCUT2D eigenvalue weighted by Gasteiger charge is -2.11. The van der Waals surface area contributed by atoms with E-state index in [1.54, 1.807) is 37.5 Å². The third-order valence-electron chi connectivity index (χ3n) is 3.06. The van der Waals surface area contributed by atoms with Crippen LogP contribution >= 0.6 is 15.9 Å². The highest BCUT2D eigenvalue weighted by molar-refractivity contribution is 9.10. The van der Waals surface area contributed by atoms with Gasteiger partial charge in [0.15, 0.2) is 17.3 Å². The molecule has 0 fully saturated rings. The highest BCUT2D eigenvalue weighted by atomic mass is 79.9. The summed E-state index contributed by atoms with van der Waals surface area (Å²) in [5.41, 5.74) is 0.942. The van der Waals surface area contributed by atoms with Crippen LogP contribution in [0.25, 0.3) is 6.08 Å². The number of aromatic hydroxyl groups is 1. The van der Waals surface area contributed by atoms with Gasteiger partial charge in [0.1, 0.15) is 5.75 Å². The van der Waals surface area contributed by atoms with Gasteiger partial charge in [-0.2, -0.15) is 0 Å². The minimum absolute atomic E-state index is 0.0454. The smallest absolute Gasteiger partial charge is 0.189 e. The lowest BCUT2D eigenvalue weighted by molar-refractivity contribution is 0.104. The molecule has 114 valence electrons. The molecule has 0 aliphatic rings. The van der Waals surface area contributed by atoms with Crippen LogP contribution in [0.5, 0.6) is 17.2 Å². The summed E-state index contributed by atoms with van der Waals surface area (Å²) in [6.07, 6.45) is 3.01. The van der Waals surface area contributed by atoms with E-state index in [0.29, 0.717) is 17.1 Å². The highest BCUT2D eigenvalue weighted by Gasteiger charge is 2.11. The van der Waals surface area contributed by atoms with Crippen LogP contribution in [0, 0.1) is 0 Å². The Labute approximate surface area is 137 Å². The molecule has 0 saturated heterocycles. The van der Waals surface area contributed by atoms with Crippen molar-refractivity contribution in [3.8, 4) is 17.2 Å². The van der Waals surface area contributed by atoms with E-state index in [2.05, 4.69) is 15.9 Å². The molecule has 4 nitrogen and oxygen atoms in total. The fourth-order valence-electron chi connectivity index (χ4n) is 2.02. The Morgan fingerprint density at radius 3 is 2.55 bits per heavy atom. The molecule has 0 unspecified atom stereocenters. The van der Waals surface area contributed by atoms with Crippen molar-refractivity contribution in [2.45, 2.75) is 0 Å². The molecule has 5 heteroatoms.